The van der Waals surface area contributed by atoms with Gasteiger partial charge in [0.25, 0.3) is 0 Å². The molecule has 0 spiro atoms. The zero-order valence-corrected chi connectivity index (χ0v) is 14.1. The van der Waals surface area contributed by atoms with Gasteiger partial charge in [0.2, 0.25) is 0 Å². The van der Waals surface area contributed by atoms with Crippen molar-refractivity contribution in [1.29, 1.82) is 0 Å². The first kappa shape index (κ1) is 16.0. The molecule has 3 rings (SSSR count). The van der Waals surface area contributed by atoms with Crippen LogP contribution < -0.4 is 4.74 Å². The van der Waals surface area contributed by atoms with Crippen LogP contribution in [0.2, 0.25) is 0 Å². The number of carbonyl (C=O) groups is 1. The third kappa shape index (κ3) is 2.95. The predicted octanol–water partition coefficient (Wildman–Crippen LogP) is 4.41. The number of para-hydroxylation sites is 1. The molecule has 0 unspecified atom stereocenters. The molecular formula is C20H20N2O2. The van der Waals surface area contributed by atoms with Gasteiger partial charge in [0.15, 0.2) is 0 Å². The molecule has 4 nitrogen and oxygen atoms in total. The van der Waals surface area contributed by atoms with E-state index in [1.54, 1.807) is 12.1 Å². The molecule has 0 amide bonds. The molecule has 4 heteroatoms. The van der Waals surface area contributed by atoms with E-state index in [1.165, 1.54) is 0 Å². The highest BCUT2D eigenvalue weighted by atomic mass is 16.5. The molecule has 0 N–H and O–H groups in total. The molecule has 1 aromatic heterocycles. The van der Waals surface area contributed by atoms with Crippen LogP contribution in [0.4, 0.5) is 0 Å². The average molecular weight is 320 g/mol. The highest BCUT2D eigenvalue weighted by Crippen LogP contribution is 2.34. The second-order valence-corrected chi connectivity index (χ2v) is 5.61. The molecule has 0 aliphatic rings. The summed E-state index contributed by atoms with van der Waals surface area (Å²) in [7, 11) is 0. The molecule has 24 heavy (non-hydrogen) atoms. The minimum atomic E-state index is -0.360. The zero-order valence-electron chi connectivity index (χ0n) is 14.1. The molecule has 0 bridgehead atoms. The summed E-state index contributed by atoms with van der Waals surface area (Å²) >= 11 is 0. The largest absolute Gasteiger partial charge is 0.422 e. The lowest BCUT2D eigenvalue weighted by Gasteiger charge is -2.11. The van der Waals surface area contributed by atoms with Crippen molar-refractivity contribution in [3.8, 4) is 16.9 Å². The summed E-state index contributed by atoms with van der Waals surface area (Å²) in [6, 6.07) is 16.6. The first-order valence-electron chi connectivity index (χ1n) is 8.02. The minimum Gasteiger partial charge on any atom is -0.422 e. The second kappa shape index (κ2) is 6.71. The van der Waals surface area contributed by atoms with E-state index in [4.69, 9.17) is 4.74 Å². The molecule has 122 valence electrons. The van der Waals surface area contributed by atoms with Crippen LogP contribution in [0.25, 0.3) is 11.1 Å². The number of ether oxygens (including phenoxy) is 1. The van der Waals surface area contributed by atoms with Crippen molar-refractivity contribution in [2.24, 2.45) is 0 Å². The van der Waals surface area contributed by atoms with E-state index in [1.807, 2.05) is 61.0 Å². The number of benzene rings is 2. The van der Waals surface area contributed by atoms with Crippen LogP contribution in [0, 0.1) is 13.8 Å². The van der Waals surface area contributed by atoms with Gasteiger partial charge in [-0.3, -0.25) is 4.68 Å². The summed E-state index contributed by atoms with van der Waals surface area (Å²) in [5.41, 5.74) is 4.44. The van der Waals surface area contributed by atoms with E-state index in [-0.39, 0.29) is 5.97 Å². The molecule has 2 aromatic carbocycles. The first-order valence-corrected chi connectivity index (χ1v) is 8.02. The van der Waals surface area contributed by atoms with E-state index in [0.717, 1.165) is 29.1 Å². The van der Waals surface area contributed by atoms with Gasteiger partial charge in [0.1, 0.15) is 5.75 Å². The Hall–Kier alpha value is -2.88. The molecule has 0 radical (unpaired) electrons. The molecule has 3 aromatic rings. The van der Waals surface area contributed by atoms with Crippen molar-refractivity contribution >= 4 is 5.97 Å². The highest BCUT2D eigenvalue weighted by molar-refractivity contribution is 5.92. The smallest absolute Gasteiger partial charge is 0.343 e. The summed E-state index contributed by atoms with van der Waals surface area (Å²) in [5, 5.41) is 4.56. The second-order valence-electron chi connectivity index (χ2n) is 5.61. The van der Waals surface area contributed by atoms with Crippen LogP contribution in [0.1, 0.15) is 28.7 Å². The monoisotopic (exact) mass is 320 g/mol. The van der Waals surface area contributed by atoms with Gasteiger partial charge in [-0.05, 0) is 39.0 Å². The maximum atomic E-state index is 12.4. The normalized spacial score (nSPS) is 10.6. The minimum absolute atomic E-state index is 0.360. The Morgan fingerprint density at radius 1 is 1.04 bits per heavy atom. The van der Waals surface area contributed by atoms with Gasteiger partial charge in [-0.15, -0.1) is 0 Å². The number of hydrogen-bond acceptors (Lipinski definition) is 3. The van der Waals surface area contributed by atoms with Crippen molar-refractivity contribution in [2.75, 3.05) is 0 Å². The number of aryl methyl sites for hydroxylation is 2. The van der Waals surface area contributed by atoms with E-state index in [2.05, 4.69) is 12.0 Å². The summed E-state index contributed by atoms with van der Waals surface area (Å²) in [4.78, 5) is 12.4. The fourth-order valence-electron chi connectivity index (χ4n) is 2.89. The van der Waals surface area contributed by atoms with Crippen molar-refractivity contribution in [3.63, 3.8) is 0 Å². The highest BCUT2D eigenvalue weighted by Gasteiger charge is 2.18. The quantitative estimate of drug-likeness (QED) is 0.528. The van der Waals surface area contributed by atoms with Gasteiger partial charge in [-0.25, -0.2) is 4.79 Å². The van der Waals surface area contributed by atoms with Gasteiger partial charge in [-0.1, -0.05) is 36.4 Å². The standard InChI is InChI=1S/C20H20N2O2/c1-4-22-15(3)19(14(2)21-22)17-12-8-9-13-18(17)24-20(23)16-10-6-5-7-11-16/h5-13H,4H2,1-3H3. The number of aromatic nitrogens is 2. The Bertz CT molecular complexity index is 867. The van der Waals surface area contributed by atoms with Crippen LogP contribution in [-0.4, -0.2) is 15.7 Å². The molecule has 0 aliphatic carbocycles. The van der Waals surface area contributed by atoms with Gasteiger partial charge in [0, 0.05) is 23.4 Å². The van der Waals surface area contributed by atoms with Gasteiger partial charge in [-0.2, -0.15) is 5.10 Å². The average Bonchev–Trinajstić information content (AvgIpc) is 2.90. The molecular weight excluding hydrogens is 300 g/mol. The van der Waals surface area contributed by atoms with Crippen LogP contribution in [0.15, 0.2) is 54.6 Å². The maximum absolute atomic E-state index is 12.4. The van der Waals surface area contributed by atoms with Crippen LogP contribution >= 0.6 is 0 Å². The van der Waals surface area contributed by atoms with E-state index in [0.29, 0.717) is 11.3 Å². The van der Waals surface area contributed by atoms with E-state index < -0.39 is 0 Å². The van der Waals surface area contributed by atoms with E-state index >= 15 is 0 Å². The number of esters is 1. The van der Waals surface area contributed by atoms with Crippen LogP contribution in [-0.2, 0) is 6.54 Å². The Morgan fingerprint density at radius 3 is 2.38 bits per heavy atom. The number of rotatable bonds is 4. The molecule has 0 fully saturated rings. The fourth-order valence-corrected chi connectivity index (χ4v) is 2.89. The third-order valence-electron chi connectivity index (χ3n) is 4.05. The molecule has 0 atom stereocenters. The van der Waals surface area contributed by atoms with Crippen LogP contribution in [0.5, 0.6) is 5.75 Å². The number of nitrogens with zero attached hydrogens (tertiary/aromatic N) is 2. The molecule has 0 saturated heterocycles. The lowest BCUT2D eigenvalue weighted by atomic mass is 10.0. The molecule has 0 saturated carbocycles. The Morgan fingerprint density at radius 2 is 1.71 bits per heavy atom. The van der Waals surface area contributed by atoms with Crippen molar-refractivity contribution in [3.05, 3.63) is 71.5 Å². The zero-order chi connectivity index (χ0) is 17.1. The fraction of sp³-hybridized carbons (Fsp3) is 0.200. The first-order chi connectivity index (χ1) is 11.6. The SMILES string of the molecule is CCn1nc(C)c(-c2ccccc2OC(=O)c2ccccc2)c1C. The number of carbonyl (C=O) groups excluding carboxylic acids is 1. The van der Waals surface area contributed by atoms with Crippen molar-refractivity contribution in [2.45, 2.75) is 27.3 Å². The summed E-state index contributed by atoms with van der Waals surface area (Å²) in [6.07, 6.45) is 0. The van der Waals surface area contributed by atoms with Gasteiger partial charge in [0.05, 0.1) is 11.3 Å². The number of hydrogen-bond donors (Lipinski definition) is 0. The van der Waals surface area contributed by atoms with Gasteiger partial charge < -0.3 is 4.74 Å². The van der Waals surface area contributed by atoms with E-state index in [9.17, 15) is 4.79 Å². The van der Waals surface area contributed by atoms with Crippen molar-refractivity contribution < 1.29 is 9.53 Å². The summed E-state index contributed by atoms with van der Waals surface area (Å²) < 4.78 is 7.62. The lowest BCUT2D eigenvalue weighted by Crippen LogP contribution is -2.09. The predicted molar refractivity (Wildman–Crippen MR) is 94.2 cm³/mol. The third-order valence-corrected chi connectivity index (χ3v) is 4.05. The summed E-state index contributed by atoms with van der Waals surface area (Å²) in [5.74, 6) is 0.189. The van der Waals surface area contributed by atoms with Gasteiger partial charge >= 0.3 is 5.97 Å². The Balaban J connectivity index is 2.00. The molecule has 1 heterocycles. The molecule has 0 aliphatic heterocycles. The Kier molecular flexibility index (Phi) is 4.47. The lowest BCUT2D eigenvalue weighted by molar-refractivity contribution is 0.0735. The topological polar surface area (TPSA) is 44.1 Å². The van der Waals surface area contributed by atoms with Crippen molar-refractivity contribution in [1.82, 2.24) is 9.78 Å². The van der Waals surface area contributed by atoms with Crippen LogP contribution in [0.3, 0.4) is 0 Å². The maximum Gasteiger partial charge on any atom is 0.343 e. The Labute approximate surface area is 141 Å². The summed E-state index contributed by atoms with van der Waals surface area (Å²) in [6.45, 7) is 6.88.